The highest BCUT2D eigenvalue weighted by atomic mass is 31.2. The number of carbonyl (C=O) groups excluding carboxylic acids is 3. The molecule has 2 aromatic heterocycles. The van der Waals surface area contributed by atoms with Crippen LogP contribution < -0.4 is 26.2 Å². The number of hydrogen-bond donors (Lipinski definition) is 4. The SMILES string of the molecule is CCC(CC)COC(=O)[C@H](Cc1ccccc1)NP(=O)(OCC1(COC(=O)[C@@H](NC(=O)OC(C)(C)C)C(C)C)C/C1=C/n1cnc2c(=O)[nH]c(N)nc21)Oc1ccccc1. The number of para-hydroxylation sites is 1. The first-order chi connectivity index (χ1) is 28.4. The number of fused-ring (bicyclic) bond motifs is 1. The molecule has 2 aromatic carbocycles. The number of esters is 2. The van der Waals surface area contributed by atoms with Gasteiger partial charge in [-0.25, -0.2) is 19.1 Å². The first-order valence-electron chi connectivity index (χ1n) is 20.0. The van der Waals surface area contributed by atoms with Gasteiger partial charge in [0.1, 0.15) is 36.4 Å². The first-order valence-corrected chi connectivity index (χ1v) is 21.5. The van der Waals surface area contributed by atoms with E-state index in [1.807, 2.05) is 44.2 Å². The van der Waals surface area contributed by atoms with Crippen molar-refractivity contribution in [3.8, 4) is 5.75 Å². The van der Waals surface area contributed by atoms with Gasteiger partial charge in [-0.1, -0.05) is 89.1 Å². The third-order valence-electron chi connectivity index (χ3n) is 9.89. The monoisotopic (exact) mass is 849 g/mol. The van der Waals surface area contributed by atoms with Crippen molar-refractivity contribution in [2.45, 2.75) is 91.8 Å². The molecule has 324 valence electrons. The normalized spacial score (nSPS) is 17.9. The van der Waals surface area contributed by atoms with E-state index in [1.165, 1.54) is 10.9 Å². The van der Waals surface area contributed by atoms with Crippen LogP contribution in [0.2, 0.25) is 0 Å². The summed E-state index contributed by atoms with van der Waals surface area (Å²) < 4.78 is 45.9. The molecule has 5 rings (SSSR count). The summed E-state index contributed by atoms with van der Waals surface area (Å²) in [5, 5.41) is 5.50. The minimum Gasteiger partial charge on any atom is -0.464 e. The number of carbonyl (C=O) groups is 3. The molecule has 0 spiro atoms. The molecule has 4 atom stereocenters. The molecular formula is C42H56N7O10P. The third kappa shape index (κ3) is 12.5. The van der Waals surface area contributed by atoms with Gasteiger partial charge in [0.2, 0.25) is 5.95 Å². The molecular weight excluding hydrogens is 793 g/mol. The Morgan fingerprint density at radius 1 is 1.00 bits per heavy atom. The van der Waals surface area contributed by atoms with Gasteiger partial charge in [-0.3, -0.25) is 23.7 Å². The molecule has 2 unspecified atom stereocenters. The number of nitrogens with zero attached hydrogens (tertiary/aromatic N) is 3. The van der Waals surface area contributed by atoms with Crippen LogP contribution in [0.15, 0.2) is 77.4 Å². The molecule has 0 radical (unpaired) electrons. The highest BCUT2D eigenvalue weighted by Gasteiger charge is 2.53. The van der Waals surface area contributed by atoms with E-state index in [9.17, 15) is 19.2 Å². The number of benzene rings is 2. The number of rotatable bonds is 20. The molecule has 1 aliphatic carbocycles. The fourth-order valence-corrected chi connectivity index (χ4v) is 7.81. The van der Waals surface area contributed by atoms with Crippen molar-refractivity contribution in [2.75, 3.05) is 25.6 Å². The molecule has 1 amide bonds. The van der Waals surface area contributed by atoms with Crippen molar-refractivity contribution >= 4 is 49.1 Å². The van der Waals surface area contributed by atoms with Gasteiger partial charge in [-0.05, 0) is 68.7 Å². The van der Waals surface area contributed by atoms with E-state index in [0.717, 1.165) is 18.4 Å². The van der Waals surface area contributed by atoms with E-state index in [4.69, 9.17) is 29.0 Å². The van der Waals surface area contributed by atoms with Crippen molar-refractivity contribution in [1.29, 1.82) is 0 Å². The third-order valence-corrected chi connectivity index (χ3v) is 11.4. The molecule has 5 N–H and O–H groups in total. The van der Waals surface area contributed by atoms with E-state index in [-0.39, 0.29) is 67.4 Å². The zero-order valence-corrected chi connectivity index (χ0v) is 36.0. The van der Waals surface area contributed by atoms with Crippen LogP contribution in [0.25, 0.3) is 17.4 Å². The standard InChI is InChI=1S/C42H56N7O10P/c1-8-28(9-2)23-55-37(51)32(20-29-16-12-10-13-17-29)48-60(54,59-31-18-14-11-15-19-31)57-25-42(24-56-38(52)33(27(3)4)45-40(53)58-41(5,6)7)21-30(42)22-49-26-44-34-35(49)46-39(43)47-36(34)50/h10-19,22,26-28,32-33H,8-9,20-21,23-25H2,1-7H3,(H,45,53)(H,48,54)(H3,43,46,47,50)/b30-22-/t32-,33-,42?,60?/m0/s1. The molecule has 1 fully saturated rings. The van der Waals surface area contributed by atoms with Crippen molar-refractivity contribution in [1.82, 2.24) is 29.9 Å². The molecule has 1 aliphatic rings. The zero-order valence-electron chi connectivity index (χ0n) is 35.1. The van der Waals surface area contributed by atoms with Crippen molar-refractivity contribution in [2.24, 2.45) is 17.3 Å². The number of nitrogens with two attached hydrogens (primary N) is 1. The van der Waals surface area contributed by atoms with Gasteiger partial charge in [0.25, 0.3) is 5.56 Å². The topological polar surface area (TPSA) is 228 Å². The Morgan fingerprint density at radius 2 is 1.67 bits per heavy atom. The smallest absolute Gasteiger partial charge is 0.459 e. The maximum absolute atomic E-state index is 15.0. The maximum Gasteiger partial charge on any atom is 0.459 e. The summed E-state index contributed by atoms with van der Waals surface area (Å²) in [6.07, 6.45) is 4.25. The first kappa shape index (κ1) is 45.6. The Labute approximate surface area is 349 Å². The largest absolute Gasteiger partial charge is 0.464 e. The fourth-order valence-electron chi connectivity index (χ4n) is 6.23. The summed E-state index contributed by atoms with van der Waals surface area (Å²) in [7, 11) is -4.46. The van der Waals surface area contributed by atoms with Crippen molar-refractivity contribution in [3.05, 3.63) is 88.5 Å². The number of imidazole rings is 1. The van der Waals surface area contributed by atoms with Crippen LogP contribution in [-0.2, 0) is 39.3 Å². The average molecular weight is 850 g/mol. The number of alkyl carbamates (subject to hydrolysis) is 1. The summed E-state index contributed by atoms with van der Waals surface area (Å²) in [5.74, 6) is -1.51. The van der Waals surface area contributed by atoms with Gasteiger partial charge in [-0.2, -0.15) is 10.1 Å². The van der Waals surface area contributed by atoms with Gasteiger partial charge in [0, 0.05) is 6.20 Å². The Morgan fingerprint density at radius 3 is 2.30 bits per heavy atom. The van der Waals surface area contributed by atoms with Crippen LogP contribution in [0.3, 0.4) is 0 Å². The molecule has 0 saturated heterocycles. The summed E-state index contributed by atoms with van der Waals surface area (Å²) >= 11 is 0. The minimum absolute atomic E-state index is 0.0495. The highest BCUT2D eigenvalue weighted by Crippen LogP contribution is 2.57. The second-order valence-corrected chi connectivity index (χ2v) is 17.9. The number of amides is 1. The fraction of sp³-hybridized carbons (Fsp3) is 0.476. The summed E-state index contributed by atoms with van der Waals surface area (Å²) in [6.45, 7) is 12.2. The van der Waals surface area contributed by atoms with Gasteiger partial charge < -0.3 is 29.8 Å². The lowest BCUT2D eigenvalue weighted by atomic mass is 10.0. The molecule has 17 nitrogen and oxygen atoms in total. The van der Waals surface area contributed by atoms with Crippen molar-refractivity contribution < 1.29 is 42.2 Å². The molecule has 0 aliphatic heterocycles. The van der Waals surface area contributed by atoms with Crippen LogP contribution in [0.5, 0.6) is 5.75 Å². The lowest BCUT2D eigenvalue weighted by Crippen LogP contribution is -2.47. The van der Waals surface area contributed by atoms with Gasteiger partial charge in [0.15, 0.2) is 11.2 Å². The minimum atomic E-state index is -4.46. The predicted octanol–water partition coefficient (Wildman–Crippen LogP) is 6.41. The van der Waals surface area contributed by atoms with E-state index >= 15 is 4.57 Å². The summed E-state index contributed by atoms with van der Waals surface area (Å²) in [5.41, 5.74) is 5.06. The number of H-pyrrole nitrogens is 1. The summed E-state index contributed by atoms with van der Waals surface area (Å²) in [6, 6.07) is 15.3. The average Bonchev–Trinajstić information content (AvgIpc) is 3.73. The van der Waals surface area contributed by atoms with Crippen LogP contribution in [0.1, 0.15) is 73.3 Å². The van der Waals surface area contributed by atoms with E-state index < -0.39 is 54.4 Å². The van der Waals surface area contributed by atoms with Crippen LogP contribution in [0.4, 0.5) is 10.7 Å². The molecule has 0 bridgehead atoms. The Bertz CT molecular complexity index is 2240. The van der Waals surface area contributed by atoms with Crippen LogP contribution >= 0.6 is 7.75 Å². The van der Waals surface area contributed by atoms with Gasteiger partial charge in [0.05, 0.1) is 18.6 Å². The lowest BCUT2D eigenvalue weighted by Gasteiger charge is -2.27. The van der Waals surface area contributed by atoms with Gasteiger partial charge >= 0.3 is 25.8 Å². The Hall–Kier alpha value is -5.51. The van der Waals surface area contributed by atoms with Gasteiger partial charge in [-0.15, -0.1) is 0 Å². The number of aromatic amines is 1. The summed E-state index contributed by atoms with van der Waals surface area (Å²) in [4.78, 5) is 63.5. The number of hydrogen-bond acceptors (Lipinski definition) is 13. The quantitative estimate of drug-likeness (QED) is 0.0428. The number of anilines is 1. The van der Waals surface area contributed by atoms with Crippen molar-refractivity contribution in [3.63, 3.8) is 0 Å². The molecule has 4 aromatic rings. The Balaban J connectivity index is 1.47. The molecule has 18 heteroatoms. The molecule has 60 heavy (non-hydrogen) atoms. The highest BCUT2D eigenvalue weighted by molar-refractivity contribution is 7.52. The van der Waals surface area contributed by atoms with Crippen LogP contribution in [-0.4, -0.2) is 75.1 Å². The predicted molar refractivity (Wildman–Crippen MR) is 226 cm³/mol. The molecule has 1 saturated carbocycles. The number of aromatic nitrogens is 4. The second kappa shape index (κ2) is 19.7. The van der Waals surface area contributed by atoms with E-state index in [0.29, 0.717) is 5.57 Å². The zero-order chi connectivity index (χ0) is 43.7. The maximum atomic E-state index is 15.0. The number of ether oxygens (including phenoxy) is 3. The second-order valence-electron chi connectivity index (χ2n) is 16.2. The number of nitrogen functional groups attached to an aromatic ring is 1. The lowest BCUT2D eigenvalue weighted by molar-refractivity contribution is -0.149. The van der Waals surface area contributed by atoms with Crippen LogP contribution in [0, 0.1) is 17.3 Å². The number of nitrogens with one attached hydrogen (secondary N) is 3. The molecule has 2 heterocycles. The van der Waals surface area contributed by atoms with E-state index in [1.54, 1.807) is 71.2 Å². The van der Waals surface area contributed by atoms with E-state index in [2.05, 4.69) is 25.4 Å². The Kier molecular flexibility index (Phi) is 15.0.